The SMILES string of the molecule is CC(C)(C)OC(=O)N1CCC(S(=O)(=O)c2ccc(Nc3ncc(NC(=O)c4cc(NC(=O)c5cccs5)ccc4Cl)cn3)cc2)CC1. The first-order chi connectivity index (χ1) is 22.3. The zero-order valence-corrected chi connectivity index (χ0v) is 28.2. The number of hydrogen-bond donors (Lipinski definition) is 3. The molecule has 0 atom stereocenters. The van der Waals surface area contributed by atoms with E-state index in [2.05, 4.69) is 25.9 Å². The molecule has 3 amide bonds. The molecule has 3 N–H and O–H groups in total. The molecule has 4 aromatic rings. The van der Waals surface area contributed by atoms with Gasteiger partial charge < -0.3 is 25.6 Å². The summed E-state index contributed by atoms with van der Waals surface area (Å²) < 4.78 is 32.0. The van der Waals surface area contributed by atoms with E-state index in [4.69, 9.17) is 16.3 Å². The van der Waals surface area contributed by atoms with Crippen LogP contribution in [0.15, 0.2) is 77.3 Å². The number of ether oxygens (including phenoxy) is 1. The summed E-state index contributed by atoms with van der Waals surface area (Å²) in [5.74, 6) is -0.581. The third-order valence-corrected chi connectivity index (χ3v) is 10.6. The summed E-state index contributed by atoms with van der Waals surface area (Å²) in [6.07, 6.45) is 3.02. The second kappa shape index (κ2) is 14.1. The molecule has 15 heteroatoms. The highest BCUT2D eigenvalue weighted by Crippen LogP contribution is 2.27. The van der Waals surface area contributed by atoms with Crippen molar-refractivity contribution in [2.24, 2.45) is 0 Å². The van der Waals surface area contributed by atoms with Gasteiger partial charge in [-0.15, -0.1) is 11.3 Å². The van der Waals surface area contributed by atoms with Crippen LogP contribution in [0, 0.1) is 0 Å². The second-order valence-corrected chi connectivity index (χ2v) is 15.3. The number of nitrogens with one attached hydrogen (secondary N) is 3. The Morgan fingerprint density at radius 3 is 2.17 bits per heavy atom. The van der Waals surface area contributed by atoms with Gasteiger partial charge in [-0.25, -0.2) is 23.2 Å². The Hall–Kier alpha value is -4.53. The number of hydrogen-bond acceptors (Lipinski definition) is 10. The number of thiophene rings is 1. The summed E-state index contributed by atoms with van der Waals surface area (Å²) in [5.41, 5.74) is 0.822. The Morgan fingerprint density at radius 2 is 1.55 bits per heavy atom. The molecule has 1 fully saturated rings. The van der Waals surface area contributed by atoms with E-state index in [1.807, 2.05) is 0 Å². The molecule has 0 bridgehead atoms. The lowest BCUT2D eigenvalue weighted by molar-refractivity contribution is 0.0217. The second-order valence-electron chi connectivity index (χ2n) is 11.7. The zero-order chi connectivity index (χ0) is 33.8. The first-order valence-corrected chi connectivity index (χ1v) is 17.5. The van der Waals surface area contributed by atoms with E-state index in [1.165, 1.54) is 48.0 Å². The number of likely N-dealkylation sites (tertiary alicyclic amines) is 1. The number of rotatable bonds is 8. The maximum absolute atomic E-state index is 13.3. The monoisotopic (exact) mass is 696 g/mol. The topological polar surface area (TPSA) is 160 Å². The van der Waals surface area contributed by atoms with Crippen LogP contribution in [0.3, 0.4) is 0 Å². The molecule has 47 heavy (non-hydrogen) atoms. The highest BCUT2D eigenvalue weighted by molar-refractivity contribution is 7.92. The number of carbonyl (C=O) groups excluding carboxylic acids is 3. The predicted octanol–water partition coefficient (Wildman–Crippen LogP) is 6.61. The Bertz CT molecular complexity index is 1850. The number of sulfone groups is 1. The number of halogens is 1. The molecule has 246 valence electrons. The molecular weight excluding hydrogens is 664 g/mol. The van der Waals surface area contributed by atoms with Crippen LogP contribution in [-0.4, -0.2) is 65.1 Å². The van der Waals surface area contributed by atoms with E-state index >= 15 is 0 Å². The molecule has 5 rings (SSSR count). The van der Waals surface area contributed by atoms with Gasteiger partial charge in [-0.3, -0.25) is 9.59 Å². The van der Waals surface area contributed by atoms with Crippen LogP contribution in [0.5, 0.6) is 0 Å². The third kappa shape index (κ3) is 8.64. The normalized spacial score (nSPS) is 13.9. The zero-order valence-electron chi connectivity index (χ0n) is 25.8. The van der Waals surface area contributed by atoms with Crippen molar-refractivity contribution in [2.75, 3.05) is 29.0 Å². The molecule has 0 radical (unpaired) electrons. The van der Waals surface area contributed by atoms with Crippen LogP contribution < -0.4 is 16.0 Å². The summed E-state index contributed by atoms with van der Waals surface area (Å²) in [4.78, 5) is 48.4. The van der Waals surface area contributed by atoms with Crippen molar-refractivity contribution in [2.45, 2.75) is 49.4 Å². The highest BCUT2D eigenvalue weighted by atomic mass is 35.5. The van der Waals surface area contributed by atoms with E-state index < -0.39 is 32.7 Å². The minimum Gasteiger partial charge on any atom is -0.444 e. The largest absolute Gasteiger partial charge is 0.444 e. The molecule has 1 saturated heterocycles. The summed E-state index contributed by atoms with van der Waals surface area (Å²) in [5, 5.41) is 9.84. The predicted molar refractivity (Wildman–Crippen MR) is 181 cm³/mol. The van der Waals surface area contributed by atoms with Crippen molar-refractivity contribution in [3.8, 4) is 0 Å². The highest BCUT2D eigenvalue weighted by Gasteiger charge is 2.34. The van der Waals surface area contributed by atoms with Gasteiger partial charge in [0, 0.05) is 24.5 Å². The number of anilines is 4. The Morgan fingerprint density at radius 1 is 0.915 bits per heavy atom. The summed E-state index contributed by atoms with van der Waals surface area (Å²) in [6, 6.07) is 14.4. The fourth-order valence-electron chi connectivity index (χ4n) is 4.76. The fraction of sp³-hybridized carbons (Fsp3) is 0.281. The van der Waals surface area contributed by atoms with Crippen LogP contribution in [0.25, 0.3) is 0 Å². The van der Waals surface area contributed by atoms with E-state index in [0.29, 0.717) is 47.9 Å². The lowest BCUT2D eigenvalue weighted by Crippen LogP contribution is -2.44. The number of nitrogens with zero attached hydrogens (tertiary/aromatic N) is 3. The number of carbonyl (C=O) groups is 3. The number of aromatic nitrogens is 2. The van der Waals surface area contributed by atoms with Crippen LogP contribution in [0.4, 0.5) is 27.8 Å². The maximum atomic E-state index is 13.3. The van der Waals surface area contributed by atoms with Gasteiger partial charge in [0.2, 0.25) is 5.95 Å². The van der Waals surface area contributed by atoms with E-state index in [0.717, 1.165) is 0 Å². The van der Waals surface area contributed by atoms with Crippen molar-refractivity contribution in [1.82, 2.24) is 14.9 Å². The average molecular weight is 697 g/mol. The van der Waals surface area contributed by atoms with Gasteiger partial charge >= 0.3 is 6.09 Å². The molecule has 3 heterocycles. The quantitative estimate of drug-likeness (QED) is 0.184. The standard InChI is InChI=1S/C32H33ClN6O6S2/c1-32(2,3)45-31(42)39-14-12-24(13-15-39)47(43,44)23-9-6-20(7-10-23)38-30-34-18-22(19-35-30)37-28(40)25-17-21(8-11-26(25)33)36-29(41)27-5-4-16-46-27/h4-11,16-19,24H,12-15H2,1-3H3,(H,36,41)(H,37,40)(H,34,35,38). The molecule has 0 aliphatic carbocycles. The molecule has 12 nitrogen and oxygen atoms in total. The molecule has 2 aromatic carbocycles. The minimum absolute atomic E-state index is 0.154. The summed E-state index contributed by atoms with van der Waals surface area (Å²) in [7, 11) is -3.61. The molecule has 1 aliphatic heterocycles. The van der Waals surface area contributed by atoms with Crippen LogP contribution in [-0.2, 0) is 14.6 Å². The van der Waals surface area contributed by atoms with Gasteiger partial charge in [-0.2, -0.15) is 0 Å². The van der Waals surface area contributed by atoms with Crippen molar-refractivity contribution >= 4 is 73.7 Å². The van der Waals surface area contributed by atoms with Gasteiger partial charge in [-0.05, 0) is 87.5 Å². The lowest BCUT2D eigenvalue weighted by Gasteiger charge is -2.33. The number of benzene rings is 2. The first kappa shape index (κ1) is 33.8. The van der Waals surface area contributed by atoms with Crippen molar-refractivity contribution in [3.63, 3.8) is 0 Å². The smallest absolute Gasteiger partial charge is 0.410 e. The molecule has 0 unspecified atom stereocenters. The first-order valence-electron chi connectivity index (χ1n) is 14.7. The van der Waals surface area contributed by atoms with Gasteiger partial charge in [0.15, 0.2) is 9.84 Å². The van der Waals surface area contributed by atoms with Gasteiger partial charge in [0.1, 0.15) is 5.60 Å². The van der Waals surface area contributed by atoms with Crippen molar-refractivity contribution in [1.29, 1.82) is 0 Å². The average Bonchev–Trinajstić information content (AvgIpc) is 3.58. The summed E-state index contributed by atoms with van der Waals surface area (Å²) in [6.45, 7) is 5.98. The minimum atomic E-state index is -3.61. The van der Waals surface area contributed by atoms with Gasteiger partial charge in [0.05, 0.1) is 43.7 Å². The third-order valence-electron chi connectivity index (χ3n) is 7.10. The van der Waals surface area contributed by atoms with Gasteiger partial charge in [-0.1, -0.05) is 17.7 Å². The van der Waals surface area contributed by atoms with E-state index in [-0.39, 0.29) is 27.3 Å². The molecule has 1 aliphatic rings. The molecule has 2 aromatic heterocycles. The van der Waals surface area contributed by atoms with Crippen LogP contribution in [0.2, 0.25) is 5.02 Å². The summed E-state index contributed by atoms with van der Waals surface area (Å²) >= 11 is 7.56. The van der Waals surface area contributed by atoms with Gasteiger partial charge in [0.25, 0.3) is 11.8 Å². The van der Waals surface area contributed by atoms with Crippen molar-refractivity contribution in [3.05, 3.63) is 87.8 Å². The molecule has 0 spiro atoms. The Kier molecular flexibility index (Phi) is 10.1. The molecule has 0 saturated carbocycles. The lowest BCUT2D eigenvalue weighted by atomic mass is 10.1. The number of amides is 3. The van der Waals surface area contributed by atoms with Crippen LogP contribution in [0.1, 0.15) is 53.6 Å². The van der Waals surface area contributed by atoms with Crippen molar-refractivity contribution < 1.29 is 27.5 Å². The Labute approximate surface area is 281 Å². The maximum Gasteiger partial charge on any atom is 0.410 e. The Balaban J connectivity index is 1.15. The van der Waals surface area contributed by atoms with E-state index in [1.54, 1.807) is 61.4 Å². The fourth-order valence-corrected chi connectivity index (χ4v) is 7.31. The van der Waals surface area contributed by atoms with E-state index in [9.17, 15) is 22.8 Å². The number of piperidine rings is 1. The molecular formula is C32H33ClN6O6S2. The van der Waals surface area contributed by atoms with Crippen LogP contribution >= 0.6 is 22.9 Å².